The van der Waals surface area contributed by atoms with Crippen LogP contribution in [0.3, 0.4) is 0 Å². The minimum absolute atomic E-state index is 0.869. The Bertz CT molecular complexity index is 1030. The third kappa shape index (κ3) is 3.63. The lowest BCUT2D eigenvalue weighted by Gasteiger charge is -2.13. The molecule has 0 unspecified atom stereocenters. The van der Waals surface area contributed by atoms with Crippen LogP contribution >= 0.6 is 0 Å². The van der Waals surface area contributed by atoms with Crippen molar-refractivity contribution in [1.29, 1.82) is 0 Å². The molecule has 0 aliphatic heterocycles. The Labute approximate surface area is 160 Å². The Hall–Kier alpha value is -3.32. The normalized spacial score (nSPS) is 10.6. The molecule has 0 saturated carbocycles. The zero-order chi connectivity index (χ0) is 18.6. The van der Waals surface area contributed by atoms with Crippen molar-refractivity contribution in [3.63, 3.8) is 0 Å². The highest BCUT2D eigenvalue weighted by Gasteiger charge is 2.09. The summed E-state index contributed by atoms with van der Waals surface area (Å²) < 4.78 is 5.45. The Balaban J connectivity index is 1.76. The zero-order valence-electron chi connectivity index (χ0n) is 15.6. The van der Waals surface area contributed by atoms with E-state index in [2.05, 4.69) is 91.9 Å². The number of benzene rings is 4. The van der Waals surface area contributed by atoms with E-state index in [-0.39, 0.29) is 0 Å². The van der Waals surface area contributed by atoms with Crippen LogP contribution in [-0.4, -0.2) is 7.11 Å². The van der Waals surface area contributed by atoms with Crippen LogP contribution in [-0.2, 0) is 0 Å². The van der Waals surface area contributed by atoms with Gasteiger partial charge in [-0.25, -0.2) is 0 Å². The molecule has 0 radical (unpaired) electrons. The second-order valence-electron chi connectivity index (χ2n) is 6.72. The van der Waals surface area contributed by atoms with E-state index in [1.165, 1.54) is 38.9 Å². The average Bonchev–Trinajstić information content (AvgIpc) is 2.75. The van der Waals surface area contributed by atoms with Crippen molar-refractivity contribution in [2.45, 2.75) is 6.92 Å². The molecule has 0 aromatic heterocycles. The first-order valence-electron chi connectivity index (χ1n) is 9.15. The van der Waals surface area contributed by atoms with Gasteiger partial charge in [0.05, 0.1) is 7.11 Å². The maximum Gasteiger partial charge on any atom is 0.119 e. The molecule has 0 N–H and O–H groups in total. The molecule has 1 heteroatoms. The molecule has 1 nitrogen and oxygen atoms in total. The van der Waals surface area contributed by atoms with E-state index in [0.29, 0.717) is 0 Å². The summed E-state index contributed by atoms with van der Waals surface area (Å²) >= 11 is 0. The topological polar surface area (TPSA) is 9.23 Å². The van der Waals surface area contributed by atoms with Crippen LogP contribution in [0.5, 0.6) is 5.75 Å². The van der Waals surface area contributed by atoms with Gasteiger partial charge in [0.15, 0.2) is 0 Å². The van der Waals surface area contributed by atoms with E-state index in [1.54, 1.807) is 7.11 Å². The molecule has 132 valence electrons. The highest BCUT2D eigenvalue weighted by Crippen LogP contribution is 2.35. The van der Waals surface area contributed by atoms with Crippen LogP contribution < -0.4 is 4.74 Å². The molecular formula is C26H22O. The molecule has 0 aliphatic rings. The molecule has 0 bridgehead atoms. The quantitative estimate of drug-likeness (QED) is 0.385. The van der Waals surface area contributed by atoms with Crippen molar-refractivity contribution >= 4 is 0 Å². The molecule has 0 atom stereocenters. The van der Waals surface area contributed by atoms with E-state index in [0.717, 1.165) is 5.75 Å². The Morgan fingerprint density at radius 2 is 1.07 bits per heavy atom. The molecule has 27 heavy (non-hydrogen) atoms. The fraction of sp³-hybridized carbons (Fsp3) is 0.0769. The maximum atomic E-state index is 5.45. The molecule has 0 saturated heterocycles. The van der Waals surface area contributed by atoms with Gasteiger partial charge in [-0.2, -0.15) is 0 Å². The fourth-order valence-corrected chi connectivity index (χ4v) is 3.35. The van der Waals surface area contributed by atoms with E-state index >= 15 is 0 Å². The summed E-state index contributed by atoms with van der Waals surface area (Å²) in [7, 11) is 1.71. The highest BCUT2D eigenvalue weighted by atomic mass is 16.5. The van der Waals surface area contributed by atoms with Crippen LogP contribution in [0.15, 0.2) is 97.1 Å². The van der Waals surface area contributed by atoms with Gasteiger partial charge in [0.25, 0.3) is 0 Å². The van der Waals surface area contributed by atoms with Gasteiger partial charge in [-0.15, -0.1) is 0 Å². The number of ether oxygens (including phenoxy) is 1. The van der Waals surface area contributed by atoms with Crippen LogP contribution in [0.4, 0.5) is 0 Å². The van der Waals surface area contributed by atoms with Crippen molar-refractivity contribution < 1.29 is 4.74 Å². The van der Waals surface area contributed by atoms with Crippen molar-refractivity contribution in [3.8, 4) is 39.1 Å². The Morgan fingerprint density at radius 3 is 1.70 bits per heavy atom. The summed E-state index contributed by atoms with van der Waals surface area (Å²) in [5, 5.41) is 0. The lowest BCUT2D eigenvalue weighted by atomic mass is 9.93. The Kier molecular flexibility index (Phi) is 4.76. The van der Waals surface area contributed by atoms with Crippen molar-refractivity contribution in [2.24, 2.45) is 0 Å². The van der Waals surface area contributed by atoms with E-state index < -0.39 is 0 Å². The monoisotopic (exact) mass is 350 g/mol. The van der Waals surface area contributed by atoms with Crippen molar-refractivity contribution in [3.05, 3.63) is 103 Å². The molecule has 0 aliphatic carbocycles. The van der Waals surface area contributed by atoms with Crippen LogP contribution in [0.2, 0.25) is 0 Å². The summed E-state index contributed by atoms with van der Waals surface area (Å²) in [6.07, 6.45) is 0. The summed E-state index contributed by atoms with van der Waals surface area (Å²) in [6.45, 7) is 2.11. The number of hydrogen-bond acceptors (Lipinski definition) is 1. The van der Waals surface area contributed by atoms with E-state index in [4.69, 9.17) is 4.74 Å². The average molecular weight is 350 g/mol. The second-order valence-corrected chi connectivity index (χ2v) is 6.72. The summed E-state index contributed by atoms with van der Waals surface area (Å²) in [4.78, 5) is 0. The zero-order valence-corrected chi connectivity index (χ0v) is 15.6. The number of hydrogen-bond donors (Lipinski definition) is 0. The first-order chi connectivity index (χ1) is 13.2. The summed E-state index contributed by atoms with van der Waals surface area (Å²) in [5.74, 6) is 0.869. The maximum absolute atomic E-state index is 5.45. The SMILES string of the molecule is COc1ccc(-c2ccc(-c3ccc(C)cc3)cc2)c(-c2ccccc2)c1. The van der Waals surface area contributed by atoms with Gasteiger partial charge in [0, 0.05) is 0 Å². The smallest absolute Gasteiger partial charge is 0.119 e. The van der Waals surface area contributed by atoms with E-state index in [9.17, 15) is 0 Å². The van der Waals surface area contributed by atoms with Gasteiger partial charge in [-0.1, -0.05) is 90.5 Å². The number of aryl methyl sites for hydroxylation is 1. The van der Waals surface area contributed by atoms with Crippen molar-refractivity contribution in [2.75, 3.05) is 7.11 Å². The van der Waals surface area contributed by atoms with Crippen LogP contribution in [0.25, 0.3) is 33.4 Å². The molecule has 4 rings (SSSR count). The van der Waals surface area contributed by atoms with Gasteiger partial charge in [0.2, 0.25) is 0 Å². The Morgan fingerprint density at radius 1 is 0.519 bits per heavy atom. The lowest BCUT2D eigenvalue weighted by Crippen LogP contribution is -1.89. The molecule has 0 amide bonds. The molecule has 0 heterocycles. The molecule has 0 spiro atoms. The molecule has 4 aromatic rings. The number of methoxy groups -OCH3 is 1. The van der Waals surface area contributed by atoms with Crippen LogP contribution in [0, 0.1) is 6.92 Å². The largest absolute Gasteiger partial charge is 0.497 e. The van der Waals surface area contributed by atoms with E-state index in [1.807, 2.05) is 12.1 Å². The predicted molar refractivity (Wildman–Crippen MR) is 114 cm³/mol. The van der Waals surface area contributed by atoms with Gasteiger partial charge < -0.3 is 4.74 Å². The third-order valence-electron chi connectivity index (χ3n) is 4.89. The second kappa shape index (κ2) is 7.51. The van der Waals surface area contributed by atoms with Gasteiger partial charge in [-0.3, -0.25) is 0 Å². The molecular weight excluding hydrogens is 328 g/mol. The predicted octanol–water partition coefficient (Wildman–Crippen LogP) is 7.00. The lowest BCUT2D eigenvalue weighted by molar-refractivity contribution is 0.415. The summed E-state index contributed by atoms with van der Waals surface area (Å²) in [6, 6.07) is 34.2. The van der Waals surface area contributed by atoms with Crippen LogP contribution in [0.1, 0.15) is 5.56 Å². The first kappa shape index (κ1) is 17.1. The summed E-state index contributed by atoms with van der Waals surface area (Å²) in [5.41, 5.74) is 8.52. The fourth-order valence-electron chi connectivity index (χ4n) is 3.35. The standard InChI is InChI=1S/C26H22O/c1-19-8-10-20(11-9-19)21-12-14-23(15-13-21)25-17-16-24(27-2)18-26(25)22-6-4-3-5-7-22/h3-18H,1-2H3. The minimum Gasteiger partial charge on any atom is -0.497 e. The minimum atomic E-state index is 0.869. The number of rotatable bonds is 4. The molecule has 0 fully saturated rings. The van der Waals surface area contributed by atoms with Gasteiger partial charge in [0.1, 0.15) is 5.75 Å². The van der Waals surface area contributed by atoms with Gasteiger partial charge >= 0.3 is 0 Å². The third-order valence-corrected chi connectivity index (χ3v) is 4.89. The molecule has 4 aromatic carbocycles. The van der Waals surface area contributed by atoms with Gasteiger partial charge in [-0.05, 0) is 52.4 Å². The highest BCUT2D eigenvalue weighted by molar-refractivity contribution is 5.85. The van der Waals surface area contributed by atoms with Crippen molar-refractivity contribution in [1.82, 2.24) is 0 Å². The first-order valence-corrected chi connectivity index (χ1v) is 9.15.